The molecule has 3 rings (SSSR count). The number of ether oxygens (including phenoxy) is 1. The summed E-state index contributed by atoms with van der Waals surface area (Å²) in [6, 6.07) is 7.87. The first kappa shape index (κ1) is 21.2. The molecule has 1 unspecified atom stereocenters. The number of rotatable bonds is 8. The Bertz CT molecular complexity index is 976. The molecule has 1 amide bonds. The topological polar surface area (TPSA) is 110 Å². The summed E-state index contributed by atoms with van der Waals surface area (Å²) in [5.74, 6) is -0.210. The number of unbranched alkanes of at least 4 members (excludes halogenated alkanes) is 1. The average molecular weight is 419 g/mol. The molecule has 0 spiro atoms. The zero-order valence-electron chi connectivity index (χ0n) is 16.6. The molecule has 1 aliphatic heterocycles. The number of hydrogen-bond donors (Lipinski definition) is 2. The van der Waals surface area contributed by atoms with Gasteiger partial charge in [-0.15, -0.1) is 11.8 Å². The Labute approximate surface area is 173 Å². The molecule has 0 saturated carbocycles. The molecule has 2 heterocycles. The first-order chi connectivity index (χ1) is 14.0. The molecule has 0 aliphatic carbocycles. The quantitative estimate of drug-likeness (QED) is 0.674. The number of aromatic amines is 1. The zero-order valence-corrected chi connectivity index (χ0v) is 17.5. The monoisotopic (exact) mass is 418 g/mol. The van der Waals surface area contributed by atoms with Crippen LogP contribution in [0.4, 0.5) is 11.5 Å². The van der Waals surface area contributed by atoms with Gasteiger partial charge in [-0.05, 0) is 24.5 Å². The number of benzene rings is 1. The molecule has 8 nitrogen and oxygen atoms in total. The van der Waals surface area contributed by atoms with Crippen LogP contribution in [0.15, 0.2) is 38.8 Å². The highest BCUT2D eigenvalue weighted by atomic mass is 32.2. The third-order valence-electron chi connectivity index (χ3n) is 4.93. The van der Waals surface area contributed by atoms with E-state index in [0.29, 0.717) is 13.0 Å². The van der Waals surface area contributed by atoms with Gasteiger partial charge in [0, 0.05) is 25.1 Å². The number of amides is 1. The number of carbonyl (C=O) groups is 1. The fourth-order valence-electron chi connectivity index (χ4n) is 3.38. The van der Waals surface area contributed by atoms with Crippen LogP contribution >= 0.6 is 11.8 Å². The van der Waals surface area contributed by atoms with E-state index in [4.69, 9.17) is 10.5 Å². The van der Waals surface area contributed by atoms with Crippen molar-refractivity contribution >= 4 is 29.2 Å². The van der Waals surface area contributed by atoms with Crippen molar-refractivity contribution in [2.24, 2.45) is 0 Å². The van der Waals surface area contributed by atoms with Gasteiger partial charge in [-0.2, -0.15) is 0 Å². The lowest BCUT2D eigenvalue weighted by molar-refractivity contribution is -0.118. The Kier molecular flexibility index (Phi) is 6.81. The van der Waals surface area contributed by atoms with E-state index in [9.17, 15) is 14.4 Å². The van der Waals surface area contributed by atoms with Crippen molar-refractivity contribution in [2.75, 3.05) is 30.9 Å². The third-order valence-corrected chi connectivity index (χ3v) is 6.23. The number of nitrogens with zero attached hydrogens (tertiary/aromatic N) is 2. The van der Waals surface area contributed by atoms with E-state index in [-0.39, 0.29) is 35.8 Å². The van der Waals surface area contributed by atoms with Crippen molar-refractivity contribution in [1.82, 2.24) is 9.55 Å². The van der Waals surface area contributed by atoms with Gasteiger partial charge < -0.3 is 15.4 Å². The molecule has 1 aromatic carbocycles. The van der Waals surface area contributed by atoms with E-state index in [1.54, 1.807) is 0 Å². The van der Waals surface area contributed by atoms with Crippen LogP contribution in [0, 0.1) is 0 Å². The Hall–Kier alpha value is -2.52. The molecule has 0 radical (unpaired) electrons. The summed E-state index contributed by atoms with van der Waals surface area (Å²) in [6.45, 7) is 2.78. The van der Waals surface area contributed by atoms with Crippen LogP contribution in [0.3, 0.4) is 0 Å². The number of methoxy groups -OCH3 is 1. The summed E-state index contributed by atoms with van der Waals surface area (Å²) in [6.07, 6.45) is 2.18. The second-order valence-corrected chi connectivity index (χ2v) is 8.14. The van der Waals surface area contributed by atoms with Crippen LogP contribution < -0.4 is 21.9 Å². The molecule has 1 atom stereocenters. The summed E-state index contributed by atoms with van der Waals surface area (Å²) in [5.41, 5.74) is 6.12. The van der Waals surface area contributed by atoms with Gasteiger partial charge in [0.1, 0.15) is 5.82 Å². The largest absolute Gasteiger partial charge is 0.383 e. The fraction of sp³-hybridized carbons (Fsp3) is 0.450. The summed E-state index contributed by atoms with van der Waals surface area (Å²) >= 11 is 1.48. The maximum absolute atomic E-state index is 13.4. The molecule has 1 aromatic heterocycles. The summed E-state index contributed by atoms with van der Waals surface area (Å²) in [4.78, 5) is 43.0. The van der Waals surface area contributed by atoms with Crippen LogP contribution in [-0.2, 0) is 22.5 Å². The van der Waals surface area contributed by atoms with Crippen LogP contribution in [-0.4, -0.2) is 41.0 Å². The SMILES string of the molecule is CCCCn1c(N)c(N(CCOC)C(=O)C2Cc3ccccc3S2)c(=O)[nH]c1=O. The van der Waals surface area contributed by atoms with Gasteiger partial charge in [-0.25, -0.2) is 4.79 Å². The maximum atomic E-state index is 13.4. The minimum Gasteiger partial charge on any atom is -0.383 e. The Balaban J connectivity index is 1.98. The Morgan fingerprint density at radius 1 is 1.38 bits per heavy atom. The number of H-pyrrole nitrogens is 1. The smallest absolute Gasteiger partial charge is 0.330 e. The van der Waals surface area contributed by atoms with Gasteiger partial charge in [0.25, 0.3) is 5.56 Å². The van der Waals surface area contributed by atoms with Gasteiger partial charge >= 0.3 is 5.69 Å². The lowest BCUT2D eigenvalue weighted by atomic mass is 10.1. The number of hydrogen-bond acceptors (Lipinski definition) is 6. The minimum atomic E-state index is -0.662. The predicted octanol–water partition coefficient (Wildman–Crippen LogP) is 1.62. The number of nitrogens with one attached hydrogen (secondary N) is 1. The molecular formula is C20H26N4O4S. The van der Waals surface area contributed by atoms with Gasteiger partial charge in [0.05, 0.1) is 11.9 Å². The minimum absolute atomic E-state index is 0.0113. The highest BCUT2D eigenvalue weighted by Crippen LogP contribution is 2.38. The van der Waals surface area contributed by atoms with Gasteiger partial charge in [0.15, 0.2) is 5.69 Å². The number of carbonyl (C=O) groups excluding carboxylic acids is 1. The van der Waals surface area contributed by atoms with E-state index in [1.165, 1.54) is 28.3 Å². The van der Waals surface area contributed by atoms with E-state index in [1.807, 2.05) is 31.2 Å². The molecule has 9 heteroatoms. The molecule has 3 N–H and O–H groups in total. The average Bonchev–Trinajstić information content (AvgIpc) is 3.14. The van der Waals surface area contributed by atoms with Crippen molar-refractivity contribution in [2.45, 2.75) is 42.9 Å². The molecule has 156 valence electrons. The van der Waals surface area contributed by atoms with Crippen LogP contribution in [0.2, 0.25) is 0 Å². The number of fused-ring (bicyclic) bond motifs is 1. The molecule has 0 fully saturated rings. The van der Waals surface area contributed by atoms with Gasteiger partial charge in [0.2, 0.25) is 5.91 Å². The van der Waals surface area contributed by atoms with Crippen molar-refractivity contribution < 1.29 is 9.53 Å². The number of nitrogen functional groups attached to an aromatic ring is 1. The van der Waals surface area contributed by atoms with Crippen LogP contribution in [0.5, 0.6) is 0 Å². The lowest BCUT2D eigenvalue weighted by Gasteiger charge is -2.26. The first-order valence-electron chi connectivity index (χ1n) is 9.65. The summed E-state index contributed by atoms with van der Waals surface area (Å²) in [5, 5.41) is -0.362. The van der Waals surface area contributed by atoms with Crippen molar-refractivity contribution in [3.05, 3.63) is 50.7 Å². The Morgan fingerprint density at radius 2 is 2.14 bits per heavy atom. The first-order valence-corrected chi connectivity index (χ1v) is 10.5. The van der Waals surface area contributed by atoms with Crippen molar-refractivity contribution in [3.63, 3.8) is 0 Å². The van der Waals surface area contributed by atoms with E-state index in [2.05, 4.69) is 4.98 Å². The molecule has 0 saturated heterocycles. The Morgan fingerprint density at radius 3 is 2.83 bits per heavy atom. The fourth-order valence-corrected chi connectivity index (χ4v) is 4.64. The maximum Gasteiger partial charge on any atom is 0.330 e. The molecule has 0 bridgehead atoms. The van der Waals surface area contributed by atoms with E-state index in [0.717, 1.165) is 23.3 Å². The normalized spacial score (nSPS) is 15.3. The highest BCUT2D eigenvalue weighted by molar-refractivity contribution is 8.01. The molecule has 2 aromatic rings. The number of thioether (sulfide) groups is 1. The van der Waals surface area contributed by atoms with Crippen LogP contribution in [0.25, 0.3) is 0 Å². The number of anilines is 2. The van der Waals surface area contributed by atoms with Gasteiger partial charge in [-0.3, -0.25) is 19.1 Å². The number of nitrogens with two attached hydrogens (primary N) is 1. The summed E-state index contributed by atoms with van der Waals surface area (Å²) in [7, 11) is 1.53. The molecule has 1 aliphatic rings. The summed E-state index contributed by atoms with van der Waals surface area (Å²) < 4.78 is 6.47. The van der Waals surface area contributed by atoms with Gasteiger partial charge in [-0.1, -0.05) is 31.5 Å². The second kappa shape index (κ2) is 9.32. The van der Waals surface area contributed by atoms with Crippen molar-refractivity contribution in [3.8, 4) is 0 Å². The number of aromatic nitrogens is 2. The molecular weight excluding hydrogens is 392 g/mol. The molecule has 29 heavy (non-hydrogen) atoms. The van der Waals surface area contributed by atoms with Crippen molar-refractivity contribution in [1.29, 1.82) is 0 Å². The lowest BCUT2D eigenvalue weighted by Crippen LogP contribution is -2.45. The third kappa shape index (κ3) is 4.40. The van der Waals surface area contributed by atoms with E-state index >= 15 is 0 Å². The highest BCUT2D eigenvalue weighted by Gasteiger charge is 2.34. The standard InChI is InChI=1S/C20H26N4O4S/c1-3-4-9-24-17(21)16(18(25)22-20(24)27)23(10-11-28-2)19(26)15-12-13-7-5-6-8-14(13)29-15/h5-8,15H,3-4,9-12,21H2,1-2H3,(H,22,25,27). The van der Waals surface area contributed by atoms with Crippen LogP contribution in [0.1, 0.15) is 25.3 Å². The predicted molar refractivity (Wildman–Crippen MR) is 115 cm³/mol. The zero-order chi connectivity index (χ0) is 21.0. The van der Waals surface area contributed by atoms with E-state index < -0.39 is 11.2 Å². The second-order valence-electron chi connectivity index (χ2n) is 6.90.